The zero-order valence-electron chi connectivity index (χ0n) is 13.5. The van der Waals surface area contributed by atoms with Gasteiger partial charge in [-0.1, -0.05) is 96.2 Å². The van der Waals surface area contributed by atoms with Gasteiger partial charge in [-0.2, -0.15) is 0 Å². The number of hydrogen-bond donors (Lipinski definition) is 1. The summed E-state index contributed by atoms with van der Waals surface area (Å²) in [5.41, 5.74) is 3.80. The van der Waals surface area contributed by atoms with Crippen LogP contribution in [0.5, 0.6) is 0 Å². The van der Waals surface area contributed by atoms with Crippen LogP contribution in [0.2, 0.25) is 0 Å². The van der Waals surface area contributed by atoms with Crippen LogP contribution in [0.25, 0.3) is 5.57 Å². The van der Waals surface area contributed by atoms with Crippen molar-refractivity contribution >= 4 is 11.3 Å². The normalized spacial score (nSPS) is 19.6. The number of aliphatic hydroxyl groups is 1. The van der Waals surface area contributed by atoms with E-state index >= 15 is 0 Å². The Morgan fingerprint density at radius 1 is 0.680 bits per heavy atom. The molecule has 0 bridgehead atoms. The molecule has 1 aliphatic heterocycles. The van der Waals surface area contributed by atoms with E-state index in [1.54, 1.807) is 0 Å². The quantitative estimate of drug-likeness (QED) is 0.777. The highest BCUT2D eigenvalue weighted by atomic mass is 16.7. The molecule has 3 nitrogen and oxygen atoms in total. The van der Waals surface area contributed by atoms with E-state index in [4.69, 9.17) is 4.84 Å². The van der Waals surface area contributed by atoms with Crippen molar-refractivity contribution in [3.05, 3.63) is 114 Å². The van der Waals surface area contributed by atoms with Crippen LogP contribution in [0.4, 0.5) is 0 Å². The second-order valence-corrected chi connectivity index (χ2v) is 5.87. The molecule has 0 fully saturated rings. The van der Waals surface area contributed by atoms with Gasteiger partial charge < -0.3 is 9.94 Å². The lowest BCUT2D eigenvalue weighted by Gasteiger charge is -2.32. The van der Waals surface area contributed by atoms with Crippen LogP contribution in [0.1, 0.15) is 16.7 Å². The van der Waals surface area contributed by atoms with Gasteiger partial charge in [0.1, 0.15) is 5.71 Å². The predicted octanol–water partition coefficient (Wildman–Crippen LogP) is 4.35. The van der Waals surface area contributed by atoms with Gasteiger partial charge in [-0.05, 0) is 11.6 Å². The molecule has 3 heteroatoms. The van der Waals surface area contributed by atoms with E-state index in [2.05, 4.69) is 5.16 Å². The van der Waals surface area contributed by atoms with Crippen LogP contribution in [-0.2, 0) is 10.6 Å². The number of hydrogen-bond acceptors (Lipinski definition) is 3. The first-order chi connectivity index (χ1) is 12.3. The summed E-state index contributed by atoms with van der Waals surface area (Å²) in [5.74, 6) is -1.62. The van der Waals surface area contributed by atoms with Gasteiger partial charge in [-0.3, -0.25) is 0 Å². The van der Waals surface area contributed by atoms with E-state index < -0.39 is 5.79 Å². The van der Waals surface area contributed by atoms with Crippen LogP contribution in [0.3, 0.4) is 0 Å². The molecule has 3 aromatic rings. The predicted molar refractivity (Wildman–Crippen MR) is 98.8 cm³/mol. The smallest absolute Gasteiger partial charge is 0.287 e. The molecule has 122 valence electrons. The fourth-order valence-corrected chi connectivity index (χ4v) is 2.94. The van der Waals surface area contributed by atoms with Crippen molar-refractivity contribution in [3.63, 3.8) is 0 Å². The Hall–Kier alpha value is -3.17. The highest BCUT2D eigenvalue weighted by molar-refractivity contribution is 6.13. The molecule has 1 aliphatic rings. The Bertz CT molecular complexity index is 918. The van der Waals surface area contributed by atoms with Crippen molar-refractivity contribution in [1.29, 1.82) is 0 Å². The van der Waals surface area contributed by atoms with E-state index in [-0.39, 0.29) is 0 Å². The number of nitrogens with zero attached hydrogens (tertiary/aromatic N) is 1. The second-order valence-electron chi connectivity index (χ2n) is 5.87. The lowest BCUT2D eigenvalue weighted by Crippen LogP contribution is -2.32. The molecule has 1 unspecified atom stereocenters. The summed E-state index contributed by atoms with van der Waals surface area (Å²) in [6, 6.07) is 28.8. The van der Waals surface area contributed by atoms with Crippen LogP contribution in [0, 0.1) is 0 Å². The van der Waals surface area contributed by atoms with E-state index in [0.29, 0.717) is 16.8 Å². The number of benzene rings is 3. The minimum absolute atomic E-state index is 0.640. The minimum atomic E-state index is -1.62. The fourth-order valence-electron chi connectivity index (χ4n) is 2.94. The van der Waals surface area contributed by atoms with Crippen molar-refractivity contribution in [2.24, 2.45) is 5.16 Å². The maximum atomic E-state index is 11.3. The topological polar surface area (TPSA) is 41.8 Å². The molecule has 1 heterocycles. The van der Waals surface area contributed by atoms with Crippen molar-refractivity contribution in [1.82, 2.24) is 0 Å². The molecule has 0 spiro atoms. The third kappa shape index (κ3) is 2.86. The second kappa shape index (κ2) is 6.38. The van der Waals surface area contributed by atoms with Crippen molar-refractivity contribution in [2.45, 2.75) is 5.79 Å². The summed E-state index contributed by atoms with van der Waals surface area (Å²) in [5, 5.41) is 15.5. The Morgan fingerprint density at radius 3 is 1.80 bits per heavy atom. The summed E-state index contributed by atoms with van der Waals surface area (Å²) in [6.07, 6.45) is 1.89. The maximum absolute atomic E-state index is 11.3. The van der Waals surface area contributed by atoms with Crippen LogP contribution < -0.4 is 0 Å². The molecular formula is C22H17NO2. The van der Waals surface area contributed by atoms with Crippen molar-refractivity contribution in [2.75, 3.05) is 0 Å². The van der Waals surface area contributed by atoms with Gasteiger partial charge in [0.2, 0.25) is 0 Å². The first-order valence-electron chi connectivity index (χ1n) is 8.14. The van der Waals surface area contributed by atoms with Crippen LogP contribution in [0.15, 0.2) is 102 Å². The number of rotatable bonds is 3. The molecular weight excluding hydrogens is 310 g/mol. The average molecular weight is 327 g/mol. The van der Waals surface area contributed by atoms with E-state index in [1.807, 2.05) is 97.1 Å². The average Bonchev–Trinajstić information content (AvgIpc) is 2.70. The summed E-state index contributed by atoms with van der Waals surface area (Å²) in [6.45, 7) is 0. The van der Waals surface area contributed by atoms with Crippen LogP contribution in [-0.4, -0.2) is 10.8 Å². The first-order valence-corrected chi connectivity index (χ1v) is 8.14. The van der Waals surface area contributed by atoms with Crippen molar-refractivity contribution in [3.8, 4) is 0 Å². The maximum Gasteiger partial charge on any atom is 0.287 e. The Morgan fingerprint density at radius 2 is 1.20 bits per heavy atom. The summed E-state index contributed by atoms with van der Waals surface area (Å²) in [4.78, 5) is 5.66. The standard InChI is InChI=1S/C22H17NO2/c24-22(19-14-8-3-9-15-19)20(17-10-4-1-5-11-17)16-21(23-25-22)18-12-6-2-7-13-18/h1-16,24H. The lowest BCUT2D eigenvalue weighted by molar-refractivity contribution is -0.167. The Balaban J connectivity index is 1.86. The molecule has 1 N–H and O–H groups in total. The van der Waals surface area contributed by atoms with Gasteiger partial charge >= 0.3 is 0 Å². The molecule has 0 aliphatic carbocycles. The highest BCUT2D eigenvalue weighted by Crippen LogP contribution is 2.40. The lowest BCUT2D eigenvalue weighted by atomic mass is 9.89. The number of oxime groups is 1. The molecule has 0 radical (unpaired) electrons. The van der Waals surface area contributed by atoms with E-state index in [0.717, 1.165) is 11.1 Å². The monoisotopic (exact) mass is 327 g/mol. The minimum Gasteiger partial charge on any atom is -0.349 e. The molecule has 1 atom stereocenters. The zero-order valence-corrected chi connectivity index (χ0v) is 13.5. The van der Waals surface area contributed by atoms with Gasteiger partial charge in [-0.25, -0.2) is 0 Å². The molecule has 0 saturated heterocycles. The number of allylic oxidation sites excluding steroid dienone is 1. The molecule has 0 saturated carbocycles. The molecule has 3 aromatic carbocycles. The van der Waals surface area contributed by atoms with Gasteiger partial charge in [0, 0.05) is 16.7 Å². The molecule has 25 heavy (non-hydrogen) atoms. The third-order valence-corrected chi connectivity index (χ3v) is 4.24. The van der Waals surface area contributed by atoms with Gasteiger partial charge in [-0.15, -0.1) is 0 Å². The Labute approximate surface area is 146 Å². The van der Waals surface area contributed by atoms with Gasteiger partial charge in [0.15, 0.2) is 0 Å². The summed E-state index contributed by atoms with van der Waals surface area (Å²) in [7, 11) is 0. The molecule has 0 amide bonds. The van der Waals surface area contributed by atoms with E-state index in [9.17, 15) is 5.11 Å². The largest absolute Gasteiger partial charge is 0.349 e. The molecule has 4 rings (SSSR count). The van der Waals surface area contributed by atoms with Crippen LogP contribution >= 0.6 is 0 Å². The van der Waals surface area contributed by atoms with Gasteiger partial charge in [0.05, 0.1) is 0 Å². The first kappa shape index (κ1) is 15.4. The van der Waals surface area contributed by atoms with E-state index in [1.165, 1.54) is 0 Å². The fraction of sp³-hybridized carbons (Fsp3) is 0.0455. The Kier molecular flexibility index (Phi) is 3.92. The molecule has 0 aromatic heterocycles. The summed E-state index contributed by atoms with van der Waals surface area (Å²) >= 11 is 0. The highest BCUT2D eigenvalue weighted by Gasteiger charge is 2.40. The van der Waals surface area contributed by atoms with Gasteiger partial charge in [0.25, 0.3) is 5.79 Å². The third-order valence-electron chi connectivity index (χ3n) is 4.24. The SMILES string of the molecule is OC1(c2ccccc2)ON=C(c2ccccc2)C=C1c1ccccc1. The van der Waals surface area contributed by atoms with Crippen molar-refractivity contribution < 1.29 is 9.94 Å². The summed E-state index contributed by atoms with van der Waals surface area (Å²) < 4.78 is 0. The zero-order chi connectivity index (χ0) is 17.1.